The van der Waals surface area contributed by atoms with Crippen LogP contribution in [0.4, 0.5) is 0 Å². The Balaban J connectivity index is 1.79. The standard InChI is InChI=1S/C20H24NO5P/c1-14-4-10-18(11-5-14)25-27(23,21-15(2)20(22)24-3)26-19-12-8-17(9-13-19)16-6-7-16/h4-5,8-13,15-16H,6-7H2,1-3H3,(H,21,23)/t15-,27?/m0/s1. The molecule has 0 radical (unpaired) electrons. The second kappa shape index (κ2) is 8.15. The van der Waals surface area contributed by atoms with Crippen molar-refractivity contribution >= 4 is 13.7 Å². The van der Waals surface area contributed by atoms with Crippen molar-refractivity contribution in [2.45, 2.75) is 38.6 Å². The van der Waals surface area contributed by atoms with Gasteiger partial charge in [0.1, 0.15) is 17.5 Å². The van der Waals surface area contributed by atoms with Crippen LogP contribution in [0.3, 0.4) is 0 Å². The van der Waals surface area contributed by atoms with Gasteiger partial charge >= 0.3 is 13.7 Å². The van der Waals surface area contributed by atoms with E-state index < -0.39 is 19.8 Å². The monoisotopic (exact) mass is 389 g/mol. The number of ether oxygens (including phenoxy) is 1. The molecular weight excluding hydrogens is 365 g/mol. The number of carbonyl (C=O) groups is 1. The van der Waals surface area contributed by atoms with Gasteiger partial charge in [0.15, 0.2) is 0 Å². The predicted octanol–water partition coefficient (Wildman–Crippen LogP) is 4.59. The van der Waals surface area contributed by atoms with Crippen LogP contribution < -0.4 is 14.1 Å². The molecule has 144 valence electrons. The Morgan fingerprint density at radius 2 is 1.56 bits per heavy atom. The zero-order chi connectivity index (χ0) is 19.4. The molecular formula is C20H24NO5P. The van der Waals surface area contributed by atoms with Gasteiger partial charge in [-0.2, -0.15) is 5.09 Å². The van der Waals surface area contributed by atoms with E-state index in [0.717, 1.165) is 5.56 Å². The summed E-state index contributed by atoms with van der Waals surface area (Å²) in [6.45, 7) is 3.48. The number of esters is 1. The largest absolute Gasteiger partial charge is 0.513 e. The van der Waals surface area contributed by atoms with Crippen molar-refractivity contribution in [3.63, 3.8) is 0 Å². The molecule has 0 aromatic heterocycles. The van der Waals surface area contributed by atoms with Crippen molar-refractivity contribution in [3.8, 4) is 11.5 Å². The minimum absolute atomic E-state index is 0.378. The van der Waals surface area contributed by atoms with Crippen molar-refractivity contribution in [3.05, 3.63) is 59.7 Å². The summed E-state index contributed by atoms with van der Waals surface area (Å²) in [5, 5.41) is 2.64. The molecule has 0 amide bonds. The number of nitrogens with one attached hydrogen (secondary N) is 1. The number of hydrogen-bond donors (Lipinski definition) is 1. The van der Waals surface area contributed by atoms with E-state index in [-0.39, 0.29) is 0 Å². The Hall–Kier alpha value is -2.30. The van der Waals surface area contributed by atoms with Gasteiger partial charge in [-0.25, -0.2) is 4.57 Å². The Morgan fingerprint density at radius 1 is 1.04 bits per heavy atom. The van der Waals surface area contributed by atoms with E-state index in [1.165, 1.54) is 32.4 Å². The van der Waals surface area contributed by atoms with Gasteiger partial charge in [0, 0.05) is 0 Å². The highest BCUT2D eigenvalue weighted by Gasteiger charge is 2.33. The zero-order valence-corrected chi connectivity index (χ0v) is 16.6. The van der Waals surface area contributed by atoms with Gasteiger partial charge in [-0.3, -0.25) is 4.79 Å². The van der Waals surface area contributed by atoms with E-state index in [4.69, 9.17) is 9.05 Å². The molecule has 0 heterocycles. The fourth-order valence-electron chi connectivity index (χ4n) is 2.63. The normalized spacial score (nSPS) is 16.9. The molecule has 1 aliphatic rings. The summed E-state index contributed by atoms with van der Waals surface area (Å²) in [6.07, 6.45) is 2.40. The zero-order valence-electron chi connectivity index (χ0n) is 15.7. The minimum Gasteiger partial charge on any atom is -0.468 e. The highest BCUT2D eigenvalue weighted by atomic mass is 31.2. The molecule has 0 aliphatic heterocycles. The molecule has 0 bridgehead atoms. The van der Waals surface area contributed by atoms with Crippen LogP contribution in [0.15, 0.2) is 48.5 Å². The van der Waals surface area contributed by atoms with Gasteiger partial charge in [-0.15, -0.1) is 0 Å². The topological polar surface area (TPSA) is 73.9 Å². The highest BCUT2D eigenvalue weighted by molar-refractivity contribution is 7.52. The first-order chi connectivity index (χ1) is 12.9. The molecule has 7 heteroatoms. The maximum Gasteiger partial charge on any atom is 0.513 e. The first-order valence-corrected chi connectivity index (χ1v) is 10.4. The van der Waals surface area contributed by atoms with Crippen LogP contribution in [-0.4, -0.2) is 19.1 Å². The summed E-state index contributed by atoms with van der Waals surface area (Å²) in [4.78, 5) is 11.7. The molecule has 0 saturated heterocycles. The third-order valence-corrected chi connectivity index (χ3v) is 5.91. The smallest absolute Gasteiger partial charge is 0.468 e. The summed E-state index contributed by atoms with van der Waals surface area (Å²) in [7, 11) is -2.61. The lowest BCUT2D eigenvalue weighted by molar-refractivity contribution is -0.142. The van der Waals surface area contributed by atoms with Crippen molar-refractivity contribution in [2.24, 2.45) is 0 Å². The number of benzene rings is 2. The Kier molecular flexibility index (Phi) is 5.88. The lowest BCUT2D eigenvalue weighted by atomic mass is 10.1. The third kappa shape index (κ3) is 5.34. The number of carbonyl (C=O) groups excluding carboxylic acids is 1. The second-order valence-electron chi connectivity index (χ2n) is 6.71. The first kappa shape index (κ1) is 19.5. The molecule has 1 unspecified atom stereocenters. The lowest BCUT2D eigenvalue weighted by Gasteiger charge is -2.23. The lowest BCUT2D eigenvalue weighted by Crippen LogP contribution is -2.35. The number of aryl methyl sites for hydroxylation is 1. The summed E-state index contributed by atoms with van der Waals surface area (Å²) in [5.74, 6) is 0.838. The Morgan fingerprint density at radius 3 is 2.04 bits per heavy atom. The number of hydrogen-bond acceptors (Lipinski definition) is 5. The van der Waals surface area contributed by atoms with Crippen LogP contribution in [0.1, 0.15) is 36.8 Å². The van der Waals surface area contributed by atoms with Crippen LogP contribution in [0.5, 0.6) is 11.5 Å². The fraction of sp³-hybridized carbons (Fsp3) is 0.350. The van der Waals surface area contributed by atoms with E-state index in [9.17, 15) is 9.36 Å². The predicted molar refractivity (Wildman–Crippen MR) is 103 cm³/mol. The van der Waals surface area contributed by atoms with E-state index in [2.05, 4.69) is 9.82 Å². The Bertz CT molecular complexity index is 830. The molecule has 2 atom stereocenters. The van der Waals surface area contributed by atoms with E-state index in [1.807, 2.05) is 31.2 Å². The van der Waals surface area contributed by atoms with Crippen LogP contribution in [-0.2, 0) is 14.1 Å². The van der Waals surface area contributed by atoms with E-state index in [0.29, 0.717) is 17.4 Å². The molecule has 3 rings (SSSR count). The molecule has 1 fully saturated rings. The van der Waals surface area contributed by atoms with E-state index in [1.54, 1.807) is 24.3 Å². The van der Waals surface area contributed by atoms with Crippen LogP contribution in [0.25, 0.3) is 0 Å². The molecule has 2 aromatic carbocycles. The molecule has 6 nitrogen and oxygen atoms in total. The van der Waals surface area contributed by atoms with E-state index >= 15 is 0 Å². The number of methoxy groups -OCH3 is 1. The van der Waals surface area contributed by atoms with Crippen molar-refractivity contribution in [1.29, 1.82) is 0 Å². The molecule has 27 heavy (non-hydrogen) atoms. The molecule has 1 N–H and O–H groups in total. The van der Waals surface area contributed by atoms with Gasteiger partial charge < -0.3 is 13.8 Å². The molecule has 0 spiro atoms. The van der Waals surface area contributed by atoms with Crippen LogP contribution in [0.2, 0.25) is 0 Å². The Labute approximate surface area is 159 Å². The summed E-state index contributed by atoms with van der Waals surface area (Å²) >= 11 is 0. The average Bonchev–Trinajstić information content (AvgIpc) is 3.48. The quantitative estimate of drug-likeness (QED) is 0.526. The maximum absolute atomic E-state index is 13.3. The number of rotatable bonds is 8. The van der Waals surface area contributed by atoms with Gasteiger partial charge in [-0.1, -0.05) is 29.8 Å². The fourth-order valence-corrected chi connectivity index (χ4v) is 4.15. The third-order valence-electron chi connectivity index (χ3n) is 4.31. The highest BCUT2D eigenvalue weighted by Crippen LogP contribution is 2.46. The first-order valence-electron chi connectivity index (χ1n) is 8.90. The molecule has 2 aromatic rings. The maximum atomic E-state index is 13.3. The second-order valence-corrected chi connectivity index (χ2v) is 8.33. The summed E-state index contributed by atoms with van der Waals surface area (Å²) in [6, 6.07) is 13.7. The van der Waals surface area contributed by atoms with Gasteiger partial charge in [0.25, 0.3) is 0 Å². The summed E-state index contributed by atoms with van der Waals surface area (Å²) < 4.78 is 29.3. The van der Waals surface area contributed by atoms with Crippen LogP contribution >= 0.6 is 7.75 Å². The van der Waals surface area contributed by atoms with Crippen molar-refractivity contribution in [2.75, 3.05) is 7.11 Å². The average molecular weight is 389 g/mol. The van der Waals surface area contributed by atoms with Gasteiger partial charge in [-0.05, 0) is 62.4 Å². The molecule has 1 aliphatic carbocycles. The SMILES string of the molecule is COC(=O)[C@H](C)NP(=O)(Oc1ccc(C)cc1)Oc1ccc(C2CC2)cc1. The molecule has 1 saturated carbocycles. The minimum atomic E-state index is -3.88. The summed E-state index contributed by atoms with van der Waals surface area (Å²) in [5.41, 5.74) is 2.29. The van der Waals surface area contributed by atoms with Crippen molar-refractivity contribution in [1.82, 2.24) is 5.09 Å². The van der Waals surface area contributed by atoms with Crippen molar-refractivity contribution < 1.29 is 23.1 Å². The van der Waals surface area contributed by atoms with Crippen LogP contribution in [0, 0.1) is 6.92 Å². The van der Waals surface area contributed by atoms with Gasteiger partial charge in [0.05, 0.1) is 7.11 Å². The van der Waals surface area contributed by atoms with Gasteiger partial charge in [0.2, 0.25) is 0 Å².